The van der Waals surface area contributed by atoms with Crippen LogP contribution in [0.15, 0.2) is 60.8 Å². The minimum absolute atomic E-state index is 0.133. The third-order valence-electron chi connectivity index (χ3n) is 4.59. The van der Waals surface area contributed by atoms with E-state index in [1.54, 1.807) is 30.2 Å². The van der Waals surface area contributed by atoms with Gasteiger partial charge >= 0.3 is 0 Å². The Hall–Kier alpha value is -1.98. The van der Waals surface area contributed by atoms with Crippen molar-refractivity contribution < 1.29 is 9.53 Å². The highest BCUT2D eigenvalue weighted by Crippen LogP contribution is 2.24. The SMILES string of the molecule is COCCN(Cc1cccn1Cc1ccccc1Cl)C(=O)c1ccc(Cl)c(Cl)c1. The zero-order valence-electron chi connectivity index (χ0n) is 15.9. The molecule has 0 aliphatic carbocycles. The lowest BCUT2D eigenvalue weighted by molar-refractivity contribution is 0.0676. The van der Waals surface area contributed by atoms with Crippen molar-refractivity contribution in [1.29, 1.82) is 0 Å². The predicted molar refractivity (Wildman–Crippen MR) is 118 cm³/mol. The molecule has 3 rings (SSSR count). The van der Waals surface area contributed by atoms with E-state index in [0.29, 0.717) is 41.8 Å². The standard InChI is InChI=1S/C22H21Cl3N2O2/c1-29-12-11-27(22(28)16-8-9-20(24)21(25)13-16)15-18-6-4-10-26(18)14-17-5-2-3-7-19(17)23/h2-10,13H,11-12,14-15H2,1H3. The number of nitrogens with zero attached hydrogens (tertiary/aromatic N) is 2. The van der Waals surface area contributed by atoms with E-state index in [1.807, 2.05) is 42.6 Å². The quantitative estimate of drug-likeness (QED) is 0.435. The Morgan fingerprint density at radius 1 is 1.00 bits per heavy atom. The van der Waals surface area contributed by atoms with Gasteiger partial charge in [0.15, 0.2) is 0 Å². The predicted octanol–water partition coefficient (Wildman–Crippen LogP) is 5.79. The zero-order valence-corrected chi connectivity index (χ0v) is 18.2. The number of carbonyl (C=O) groups is 1. The molecule has 0 fully saturated rings. The lowest BCUT2D eigenvalue weighted by Gasteiger charge is -2.24. The summed E-state index contributed by atoms with van der Waals surface area (Å²) in [5, 5.41) is 1.49. The molecule has 0 unspecified atom stereocenters. The first-order chi connectivity index (χ1) is 14.0. The fraction of sp³-hybridized carbons (Fsp3) is 0.227. The highest BCUT2D eigenvalue weighted by Gasteiger charge is 2.18. The summed E-state index contributed by atoms with van der Waals surface area (Å²) in [5.74, 6) is -0.133. The summed E-state index contributed by atoms with van der Waals surface area (Å²) in [5.41, 5.74) is 2.50. The van der Waals surface area contributed by atoms with Crippen LogP contribution in [-0.2, 0) is 17.8 Å². The molecular weight excluding hydrogens is 431 g/mol. The minimum Gasteiger partial charge on any atom is -0.383 e. The molecule has 0 spiro atoms. The molecule has 0 N–H and O–H groups in total. The van der Waals surface area contributed by atoms with Gasteiger partial charge in [-0.25, -0.2) is 0 Å². The number of hydrogen-bond acceptors (Lipinski definition) is 2. The molecule has 0 radical (unpaired) electrons. The topological polar surface area (TPSA) is 34.5 Å². The molecular formula is C22H21Cl3N2O2. The normalized spacial score (nSPS) is 10.9. The molecule has 4 nitrogen and oxygen atoms in total. The molecule has 2 aromatic carbocycles. The zero-order chi connectivity index (χ0) is 20.8. The fourth-order valence-corrected chi connectivity index (χ4v) is 3.51. The molecule has 152 valence electrons. The van der Waals surface area contributed by atoms with Crippen LogP contribution in [-0.4, -0.2) is 35.6 Å². The molecule has 0 saturated heterocycles. The van der Waals surface area contributed by atoms with Crippen molar-refractivity contribution in [1.82, 2.24) is 9.47 Å². The largest absolute Gasteiger partial charge is 0.383 e. The van der Waals surface area contributed by atoms with E-state index in [1.165, 1.54) is 0 Å². The van der Waals surface area contributed by atoms with Crippen molar-refractivity contribution in [3.05, 3.63) is 92.7 Å². The molecule has 0 aliphatic rings. The third-order valence-corrected chi connectivity index (χ3v) is 5.70. The number of halogens is 3. The smallest absolute Gasteiger partial charge is 0.254 e. The van der Waals surface area contributed by atoms with E-state index in [2.05, 4.69) is 4.57 Å². The summed E-state index contributed by atoms with van der Waals surface area (Å²) in [6.07, 6.45) is 1.98. The van der Waals surface area contributed by atoms with Crippen LogP contribution >= 0.6 is 34.8 Å². The average Bonchev–Trinajstić information content (AvgIpc) is 3.15. The molecule has 7 heteroatoms. The number of ether oxygens (including phenoxy) is 1. The lowest BCUT2D eigenvalue weighted by Crippen LogP contribution is -2.34. The van der Waals surface area contributed by atoms with Gasteiger partial charge in [-0.15, -0.1) is 0 Å². The van der Waals surface area contributed by atoms with Gasteiger partial charge in [-0.1, -0.05) is 53.0 Å². The van der Waals surface area contributed by atoms with Gasteiger partial charge in [-0.3, -0.25) is 4.79 Å². The second-order valence-corrected chi connectivity index (χ2v) is 7.79. The number of methoxy groups -OCH3 is 1. The Labute approximate surface area is 185 Å². The van der Waals surface area contributed by atoms with Crippen LogP contribution in [0.1, 0.15) is 21.6 Å². The lowest BCUT2D eigenvalue weighted by atomic mass is 10.2. The van der Waals surface area contributed by atoms with E-state index >= 15 is 0 Å². The van der Waals surface area contributed by atoms with E-state index in [4.69, 9.17) is 39.5 Å². The second kappa shape index (κ2) is 10.2. The summed E-state index contributed by atoms with van der Waals surface area (Å²) in [4.78, 5) is 14.8. The monoisotopic (exact) mass is 450 g/mol. The van der Waals surface area contributed by atoms with Gasteiger partial charge in [0.05, 0.1) is 23.2 Å². The first kappa shape index (κ1) is 21.7. The van der Waals surface area contributed by atoms with E-state index in [0.717, 1.165) is 16.3 Å². The molecule has 29 heavy (non-hydrogen) atoms. The maximum atomic E-state index is 13.1. The van der Waals surface area contributed by atoms with Gasteiger partial charge in [0.2, 0.25) is 0 Å². The van der Waals surface area contributed by atoms with Crippen molar-refractivity contribution in [3.8, 4) is 0 Å². The van der Waals surface area contributed by atoms with Crippen LogP contribution in [0.3, 0.4) is 0 Å². The molecule has 1 aromatic heterocycles. The van der Waals surface area contributed by atoms with Gasteiger partial charge in [-0.05, 0) is 42.0 Å². The Morgan fingerprint density at radius 3 is 2.52 bits per heavy atom. The van der Waals surface area contributed by atoms with Crippen LogP contribution in [0.5, 0.6) is 0 Å². The summed E-state index contributed by atoms with van der Waals surface area (Å²) < 4.78 is 7.28. The fourth-order valence-electron chi connectivity index (χ4n) is 3.02. The molecule has 3 aromatic rings. The van der Waals surface area contributed by atoms with E-state index in [-0.39, 0.29) is 5.91 Å². The molecule has 0 atom stereocenters. The van der Waals surface area contributed by atoms with Crippen LogP contribution in [0.4, 0.5) is 0 Å². The second-order valence-electron chi connectivity index (χ2n) is 6.57. The Morgan fingerprint density at radius 2 is 1.79 bits per heavy atom. The summed E-state index contributed by atoms with van der Waals surface area (Å²) in [6, 6.07) is 16.6. The molecule has 0 aliphatic heterocycles. The van der Waals surface area contributed by atoms with Crippen molar-refractivity contribution in [3.63, 3.8) is 0 Å². The number of carbonyl (C=O) groups excluding carboxylic acids is 1. The number of benzene rings is 2. The van der Waals surface area contributed by atoms with Gasteiger partial charge in [0.1, 0.15) is 0 Å². The van der Waals surface area contributed by atoms with Crippen LogP contribution < -0.4 is 0 Å². The number of aromatic nitrogens is 1. The Kier molecular flexibility index (Phi) is 7.62. The van der Waals surface area contributed by atoms with E-state index in [9.17, 15) is 4.79 Å². The Balaban J connectivity index is 1.82. The van der Waals surface area contributed by atoms with Crippen LogP contribution in [0, 0.1) is 0 Å². The molecule has 0 bridgehead atoms. The maximum absolute atomic E-state index is 13.1. The average molecular weight is 452 g/mol. The van der Waals surface area contributed by atoms with Crippen molar-refractivity contribution in [2.45, 2.75) is 13.1 Å². The highest BCUT2D eigenvalue weighted by molar-refractivity contribution is 6.42. The maximum Gasteiger partial charge on any atom is 0.254 e. The minimum atomic E-state index is -0.133. The Bertz CT molecular complexity index is 988. The summed E-state index contributed by atoms with van der Waals surface area (Å²) in [6.45, 7) is 1.94. The van der Waals surface area contributed by atoms with Crippen LogP contribution in [0.2, 0.25) is 15.1 Å². The van der Waals surface area contributed by atoms with E-state index < -0.39 is 0 Å². The van der Waals surface area contributed by atoms with Gasteiger partial charge in [0, 0.05) is 42.7 Å². The van der Waals surface area contributed by atoms with Gasteiger partial charge in [0.25, 0.3) is 5.91 Å². The van der Waals surface area contributed by atoms with Gasteiger partial charge < -0.3 is 14.2 Å². The third kappa shape index (κ3) is 5.55. The first-order valence-electron chi connectivity index (χ1n) is 9.10. The number of rotatable bonds is 8. The molecule has 1 heterocycles. The summed E-state index contributed by atoms with van der Waals surface area (Å²) >= 11 is 18.4. The number of amides is 1. The number of hydrogen-bond donors (Lipinski definition) is 0. The highest BCUT2D eigenvalue weighted by atomic mass is 35.5. The molecule has 1 amide bonds. The molecule has 0 saturated carbocycles. The van der Waals surface area contributed by atoms with Crippen molar-refractivity contribution in [2.75, 3.05) is 20.3 Å². The van der Waals surface area contributed by atoms with Crippen LogP contribution in [0.25, 0.3) is 0 Å². The summed E-state index contributed by atoms with van der Waals surface area (Å²) in [7, 11) is 1.61. The first-order valence-corrected chi connectivity index (χ1v) is 10.2. The van der Waals surface area contributed by atoms with Gasteiger partial charge in [-0.2, -0.15) is 0 Å². The van der Waals surface area contributed by atoms with Crippen molar-refractivity contribution >= 4 is 40.7 Å². The van der Waals surface area contributed by atoms with Crippen molar-refractivity contribution in [2.24, 2.45) is 0 Å².